The van der Waals surface area contributed by atoms with Crippen molar-refractivity contribution in [3.05, 3.63) is 211 Å². The molecule has 0 saturated heterocycles. The maximum atomic E-state index is 5.20. The van der Waals surface area contributed by atoms with E-state index in [1.165, 1.54) is 66.4 Å². The summed E-state index contributed by atoms with van der Waals surface area (Å²) in [4.78, 5) is 5.20. The molecule has 0 amide bonds. The van der Waals surface area contributed by atoms with Gasteiger partial charge in [-0.1, -0.05) is 184 Å². The Hall–Kier alpha value is -6.83. The molecule has 0 atom stereocenters. The van der Waals surface area contributed by atoms with Crippen LogP contribution in [0.5, 0.6) is 0 Å². The monoisotopic (exact) mass is 701 g/mol. The zero-order chi connectivity index (χ0) is 36.9. The summed E-state index contributed by atoms with van der Waals surface area (Å²) in [6.07, 6.45) is 0. The number of hydrogen-bond acceptors (Lipinski definition) is 1. The smallest absolute Gasteiger partial charge is 0.0715 e. The maximum Gasteiger partial charge on any atom is 0.0715 e. The number of hydrogen-bond donors (Lipinski definition) is 0. The number of aromatic nitrogens is 1. The number of rotatable bonds is 6. The molecule has 260 valence electrons. The fourth-order valence-corrected chi connectivity index (χ4v) is 8.60. The summed E-state index contributed by atoms with van der Waals surface area (Å²) in [6, 6.07) is 72.7. The van der Waals surface area contributed by atoms with E-state index in [4.69, 9.17) is 4.98 Å². The Bertz CT molecular complexity index is 2800. The van der Waals surface area contributed by atoms with Crippen LogP contribution in [0.2, 0.25) is 0 Å². The predicted octanol–water partition coefficient (Wildman–Crippen LogP) is 14.5. The second-order valence-corrected chi connectivity index (χ2v) is 15.2. The second kappa shape index (κ2) is 13.2. The molecule has 55 heavy (non-hydrogen) atoms. The molecule has 10 rings (SSSR count). The van der Waals surface area contributed by atoms with E-state index >= 15 is 0 Å². The predicted molar refractivity (Wildman–Crippen MR) is 232 cm³/mol. The van der Waals surface area contributed by atoms with Gasteiger partial charge in [-0.2, -0.15) is 0 Å². The molecule has 0 saturated carbocycles. The first-order valence-corrected chi connectivity index (χ1v) is 19.1. The van der Waals surface area contributed by atoms with Crippen molar-refractivity contribution in [1.29, 1.82) is 0 Å². The summed E-state index contributed by atoms with van der Waals surface area (Å²) in [5, 5.41) is 2.52. The highest BCUT2D eigenvalue weighted by Crippen LogP contribution is 2.52. The van der Waals surface area contributed by atoms with E-state index in [1.54, 1.807) is 0 Å². The van der Waals surface area contributed by atoms with E-state index in [2.05, 4.69) is 214 Å². The normalized spacial score (nSPS) is 12.7. The highest BCUT2D eigenvalue weighted by atomic mass is 14.7. The van der Waals surface area contributed by atoms with Crippen LogP contribution in [0.3, 0.4) is 0 Å². The number of pyridine rings is 1. The molecule has 1 aliphatic rings. The van der Waals surface area contributed by atoms with Crippen LogP contribution < -0.4 is 0 Å². The van der Waals surface area contributed by atoms with Crippen LogP contribution in [0.1, 0.15) is 25.0 Å². The van der Waals surface area contributed by atoms with E-state index in [0.717, 1.165) is 33.6 Å². The minimum absolute atomic E-state index is 0.0927. The largest absolute Gasteiger partial charge is 0.248 e. The highest BCUT2D eigenvalue weighted by molar-refractivity contribution is 6.02. The molecule has 8 aromatic carbocycles. The summed E-state index contributed by atoms with van der Waals surface area (Å²) in [7, 11) is 0. The van der Waals surface area contributed by atoms with Crippen LogP contribution in [0, 0.1) is 0 Å². The van der Waals surface area contributed by atoms with E-state index in [9.17, 15) is 0 Å². The standard InChI is InChI=1S/C54H39N/c1-54(2)50-26-12-11-24-46(50)49-34-48(45-25-14-20-38-17-9-10-23-44(38)45)47(35-51(49)54)39-29-27-37(28-30-39)41-21-13-22-42(31-41)53-33-43(36-15-5-3-6-16-36)32-52(55-53)40-18-7-4-8-19-40/h3-35H,1-2H3. The molecule has 0 bridgehead atoms. The molecule has 0 unspecified atom stereocenters. The second-order valence-electron chi connectivity index (χ2n) is 15.2. The van der Waals surface area contributed by atoms with Gasteiger partial charge in [0.25, 0.3) is 0 Å². The molecule has 1 nitrogen and oxygen atoms in total. The first-order chi connectivity index (χ1) is 27.0. The molecule has 1 heterocycles. The molecular formula is C54H39N. The van der Waals surface area contributed by atoms with Gasteiger partial charge in [-0.25, -0.2) is 4.98 Å². The lowest BCUT2D eigenvalue weighted by atomic mass is 9.80. The lowest BCUT2D eigenvalue weighted by molar-refractivity contribution is 0.660. The SMILES string of the molecule is CC1(C)c2ccccc2-c2cc(-c3cccc4ccccc34)c(-c3ccc(-c4cccc(-c5cc(-c6ccccc6)cc(-c6ccccc6)n5)c4)cc3)cc21. The van der Waals surface area contributed by atoms with Crippen molar-refractivity contribution < 1.29 is 0 Å². The van der Waals surface area contributed by atoms with Crippen LogP contribution in [-0.4, -0.2) is 4.98 Å². The fourth-order valence-electron chi connectivity index (χ4n) is 8.60. The highest BCUT2D eigenvalue weighted by Gasteiger charge is 2.36. The lowest BCUT2D eigenvalue weighted by Crippen LogP contribution is -2.15. The summed E-state index contributed by atoms with van der Waals surface area (Å²) < 4.78 is 0. The first kappa shape index (κ1) is 32.8. The van der Waals surface area contributed by atoms with Crippen LogP contribution in [0.4, 0.5) is 0 Å². The molecule has 0 fully saturated rings. The molecule has 1 heteroatoms. The third-order valence-corrected chi connectivity index (χ3v) is 11.5. The fraction of sp³-hybridized carbons (Fsp3) is 0.0556. The van der Waals surface area contributed by atoms with E-state index in [1.807, 2.05) is 0 Å². The van der Waals surface area contributed by atoms with Crippen molar-refractivity contribution in [1.82, 2.24) is 4.98 Å². The van der Waals surface area contributed by atoms with Gasteiger partial charge >= 0.3 is 0 Å². The van der Waals surface area contributed by atoms with Gasteiger partial charge in [0.15, 0.2) is 0 Å². The molecular weight excluding hydrogens is 663 g/mol. The van der Waals surface area contributed by atoms with Crippen molar-refractivity contribution in [2.75, 3.05) is 0 Å². The molecule has 0 spiro atoms. The third-order valence-electron chi connectivity index (χ3n) is 11.5. The number of nitrogens with zero attached hydrogens (tertiary/aromatic N) is 1. The van der Waals surface area contributed by atoms with Crippen LogP contribution in [-0.2, 0) is 5.41 Å². The van der Waals surface area contributed by atoms with Crippen LogP contribution >= 0.6 is 0 Å². The summed E-state index contributed by atoms with van der Waals surface area (Å²) in [5.41, 5.74) is 19.1. The van der Waals surface area contributed by atoms with Crippen LogP contribution in [0.25, 0.3) is 88.9 Å². The Balaban J connectivity index is 1.08. The van der Waals surface area contributed by atoms with Crippen molar-refractivity contribution in [3.8, 4) is 78.1 Å². The Morgan fingerprint density at radius 2 is 0.873 bits per heavy atom. The molecule has 0 radical (unpaired) electrons. The van der Waals surface area contributed by atoms with Gasteiger partial charge in [-0.3, -0.25) is 0 Å². The Labute approximate surface area is 323 Å². The topological polar surface area (TPSA) is 12.9 Å². The van der Waals surface area contributed by atoms with E-state index in [-0.39, 0.29) is 5.41 Å². The van der Waals surface area contributed by atoms with Gasteiger partial charge in [-0.15, -0.1) is 0 Å². The molecule has 1 aliphatic carbocycles. The summed E-state index contributed by atoms with van der Waals surface area (Å²) in [5.74, 6) is 0. The van der Waals surface area contributed by atoms with E-state index in [0.29, 0.717) is 0 Å². The van der Waals surface area contributed by atoms with E-state index < -0.39 is 0 Å². The van der Waals surface area contributed by atoms with Gasteiger partial charge in [0, 0.05) is 16.5 Å². The van der Waals surface area contributed by atoms with Crippen molar-refractivity contribution >= 4 is 10.8 Å². The Morgan fingerprint density at radius 3 is 1.67 bits per heavy atom. The average molecular weight is 702 g/mol. The molecule has 0 N–H and O–H groups in total. The van der Waals surface area contributed by atoms with Crippen LogP contribution in [0.15, 0.2) is 200 Å². The van der Waals surface area contributed by atoms with Gasteiger partial charge in [0.1, 0.15) is 0 Å². The summed E-state index contributed by atoms with van der Waals surface area (Å²) in [6.45, 7) is 4.73. The van der Waals surface area contributed by atoms with Gasteiger partial charge in [-0.05, 0) is 108 Å². The molecule has 9 aromatic rings. The lowest BCUT2D eigenvalue weighted by Gasteiger charge is -2.23. The number of benzene rings is 8. The minimum atomic E-state index is -0.0927. The molecule has 0 aliphatic heterocycles. The first-order valence-electron chi connectivity index (χ1n) is 19.1. The number of fused-ring (bicyclic) bond motifs is 4. The zero-order valence-corrected chi connectivity index (χ0v) is 31.0. The van der Waals surface area contributed by atoms with Gasteiger partial charge < -0.3 is 0 Å². The van der Waals surface area contributed by atoms with Gasteiger partial charge in [0.05, 0.1) is 11.4 Å². The van der Waals surface area contributed by atoms with Gasteiger partial charge in [0.2, 0.25) is 0 Å². The quantitative estimate of drug-likeness (QED) is 0.168. The Kier molecular flexibility index (Phi) is 7.89. The molecule has 1 aromatic heterocycles. The average Bonchev–Trinajstić information content (AvgIpc) is 3.48. The van der Waals surface area contributed by atoms with Crippen molar-refractivity contribution in [3.63, 3.8) is 0 Å². The minimum Gasteiger partial charge on any atom is -0.248 e. The Morgan fingerprint density at radius 1 is 0.309 bits per heavy atom. The van der Waals surface area contributed by atoms with Crippen molar-refractivity contribution in [2.45, 2.75) is 19.3 Å². The zero-order valence-electron chi connectivity index (χ0n) is 31.0. The maximum absolute atomic E-state index is 5.20. The third kappa shape index (κ3) is 5.77. The van der Waals surface area contributed by atoms with Crippen molar-refractivity contribution in [2.24, 2.45) is 0 Å². The summed E-state index contributed by atoms with van der Waals surface area (Å²) >= 11 is 0.